The average Bonchev–Trinajstić information content (AvgIpc) is 2.37. The average molecular weight is 266 g/mol. The number of nitrogens with zero attached hydrogens (tertiary/aromatic N) is 2. The van der Waals surface area contributed by atoms with Crippen molar-refractivity contribution >= 4 is 17.5 Å². The Kier molecular flexibility index (Phi) is 6.01. The molecule has 0 aliphatic rings. The van der Waals surface area contributed by atoms with Gasteiger partial charge in [-0.15, -0.1) is 0 Å². The van der Waals surface area contributed by atoms with Gasteiger partial charge in [-0.25, -0.2) is 15.8 Å². The number of hydrazine groups is 1. The summed E-state index contributed by atoms with van der Waals surface area (Å²) in [6.07, 6.45) is 3.14. The molecule has 7 nitrogen and oxygen atoms in total. The molecule has 1 amide bonds. The van der Waals surface area contributed by atoms with E-state index in [-0.39, 0.29) is 18.5 Å². The van der Waals surface area contributed by atoms with E-state index in [9.17, 15) is 4.79 Å². The second kappa shape index (κ2) is 7.52. The molecule has 0 aliphatic heterocycles. The van der Waals surface area contributed by atoms with Crippen molar-refractivity contribution in [3.63, 3.8) is 0 Å². The lowest BCUT2D eigenvalue weighted by Crippen LogP contribution is -2.35. The van der Waals surface area contributed by atoms with Gasteiger partial charge >= 0.3 is 0 Å². The fourth-order valence-electron chi connectivity index (χ4n) is 1.71. The molecule has 0 aromatic carbocycles. The van der Waals surface area contributed by atoms with E-state index in [0.717, 1.165) is 18.4 Å². The van der Waals surface area contributed by atoms with Crippen LogP contribution in [0.25, 0.3) is 0 Å². The van der Waals surface area contributed by atoms with Gasteiger partial charge in [-0.1, -0.05) is 13.3 Å². The number of aromatic nitrogens is 2. The summed E-state index contributed by atoms with van der Waals surface area (Å²) in [6, 6.07) is 0.121. The molecule has 1 aromatic heterocycles. The largest absolute Gasteiger partial charge is 0.361 e. The molecule has 0 saturated carbocycles. The van der Waals surface area contributed by atoms with Gasteiger partial charge in [0.05, 0.1) is 6.54 Å². The summed E-state index contributed by atoms with van der Waals surface area (Å²) in [7, 11) is 0. The number of carbonyl (C=O) groups is 1. The monoisotopic (exact) mass is 266 g/mol. The maximum absolute atomic E-state index is 11.6. The van der Waals surface area contributed by atoms with Crippen LogP contribution in [0.3, 0.4) is 0 Å². The van der Waals surface area contributed by atoms with E-state index in [1.165, 1.54) is 6.33 Å². The van der Waals surface area contributed by atoms with Crippen LogP contribution < -0.4 is 21.9 Å². The number of nitrogens with one attached hydrogen (secondary N) is 3. The summed E-state index contributed by atoms with van der Waals surface area (Å²) in [5.74, 6) is 6.58. The van der Waals surface area contributed by atoms with Crippen molar-refractivity contribution < 1.29 is 4.79 Å². The Hall–Kier alpha value is -1.89. The Balaban J connectivity index is 2.74. The second-order valence-electron chi connectivity index (χ2n) is 4.52. The first-order valence-corrected chi connectivity index (χ1v) is 6.42. The van der Waals surface area contributed by atoms with Gasteiger partial charge in [0.2, 0.25) is 5.91 Å². The van der Waals surface area contributed by atoms with Crippen LogP contribution in [0.15, 0.2) is 6.33 Å². The minimum absolute atomic E-state index is 0.0710. The highest BCUT2D eigenvalue weighted by atomic mass is 16.1. The third-order valence-corrected chi connectivity index (χ3v) is 2.45. The molecule has 0 saturated heterocycles. The number of rotatable bonds is 7. The second-order valence-corrected chi connectivity index (χ2v) is 4.52. The molecule has 0 fully saturated rings. The topological polar surface area (TPSA) is 105 Å². The Morgan fingerprint density at radius 1 is 1.37 bits per heavy atom. The first-order valence-electron chi connectivity index (χ1n) is 6.42. The molecule has 106 valence electrons. The van der Waals surface area contributed by atoms with Crippen LogP contribution in [-0.2, 0) is 11.2 Å². The van der Waals surface area contributed by atoms with Crippen LogP contribution in [0.2, 0.25) is 0 Å². The Labute approximate surface area is 113 Å². The first kappa shape index (κ1) is 15.2. The number of nitrogen functional groups attached to an aromatic ring is 1. The lowest BCUT2D eigenvalue weighted by atomic mass is 10.1. The van der Waals surface area contributed by atoms with Crippen molar-refractivity contribution in [2.45, 2.75) is 39.7 Å². The predicted molar refractivity (Wildman–Crippen MR) is 75.6 cm³/mol. The van der Waals surface area contributed by atoms with E-state index in [2.05, 4.69) is 33.0 Å². The summed E-state index contributed by atoms with van der Waals surface area (Å²) in [5, 5.41) is 5.83. The standard InChI is InChI=1S/C12H22N6O/c1-4-5-9-11(15-7-16-12(9)18-13)14-6-10(19)17-8(2)3/h7-8H,4-6,13H2,1-3H3,(H,17,19)(H2,14,15,16,18). The number of anilines is 2. The summed E-state index contributed by atoms with van der Waals surface area (Å²) >= 11 is 0. The zero-order valence-corrected chi connectivity index (χ0v) is 11.7. The van der Waals surface area contributed by atoms with Gasteiger partial charge in [0.1, 0.15) is 18.0 Å². The molecule has 0 aliphatic carbocycles. The van der Waals surface area contributed by atoms with E-state index >= 15 is 0 Å². The molecular weight excluding hydrogens is 244 g/mol. The molecular formula is C12H22N6O. The third-order valence-electron chi connectivity index (χ3n) is 2.45. The molecule has 0 bridgehead atoms. The molecule has 1 heterocycles. The van der Waals surface area contributed by atoms with E-state index in [0.29, 0.717) is 11.6 Å². The molecule has 7 heteroatoms. The fourth-order valence-corrected chi connectivity index (χ4v) is 1.71. The quantitative estimate of drug-likeness (QED) is 0.426. The van der Waals surface area contributed by atoms with E-state index in [4.69, 9.17) is 5.84 Å². The van der Waals surface area contributed by atoms with Crippen LogP contribution >= 0.6 is 0 Å². The number of hydrogen-bond acceptors (Lipinski definition) is 6. The van der Waals surface area contributed by atoms with E-state index in [1.54, 1.807) is 0 Å². The lowest BCUT2D eigenvalue weighted by Gasteiger charge is -2.14. The number of nitrogens with two attached hydrogens (primary N) is 1. The molecule has 5 N–H and O–H groups in total. The zero-order valence-electron chi connectivity index (χ0n) is 11.7. The Morgan fingerprint density at radius 2 is 2.05 bits per heavy atom. The maximum Gasteiger partial charge on any atom is 0.239 e. The molecule has 1 aromatic rings. The number of carbonyl (C=O) groups excluding carboxylic acids is 1. The van der Waals surface area contributed by atoms with E-state index in [1.807, 2.05) is 13.8 Å². The minimum Gasteiger partial charge on any atom is -0.361 e. The summed E-state index contributed by atoms with van der Waals surface area (Å²) in [5.41, 5.74) is 3.44. The number of amides is 1. The van der Waals surface area contributed by atoms with Gasteiger partial charge in [-0.3, -0.25) is 4.79 Å². The molecule has 0 unspecified atom stereocenters. The fraction of sp³-hybridized carbons (Fsp3) is 0.583. The van der Waals surface area contributed by atoms with Gasteiger partial charge in [0.15, 0.2) is 0 Å². The van der Waals surface area contributed by atoms with Gasteiger partial charge in [0.25, 0.3) is 0 Å². The van der Waals surface area contributed by atoms with Crippen LogP contribution in [0.1, 0.15) is 32.8 Å². The molecule has 19 heavy (non-hydrogen) atoms. The Morgan fingerprint density at radius 3 is 2.63 bits per heavy atom. The van der Waals surface area contributed by atoms with E-state index < -0.39 is 0 Å². The van der Waals surface area contributed by atoms with Crippen molar-refractivity contribution in [2.75, 3.05) is 17.3 Å². The van der Waals surface area contributed by atoms with Crippen molar-refractivity contribution in [1.82, 2.24) is 15.3 Å². The summed E-state index contributed by atoms with van der Waals surface area (Å²) < 4.78 is 0. The Bertz CT molecular complexity index is 421. The number of hydrogen-bond donors (Lipinski definition) is 4. The van der Waals surface area contributed by atoms with Crippen LogP contribution in [0, 0.1) is 0 Å². The zero-order chi connectivity index (χ0) is 14.3. The molecule has 0 radical (unpaired) electrons. The summed E-state index contributed by atoms with van der Waals surface area (Å²) in [6.45, 7) is 6.07. The normalized spacial score (nSPS) is 10.4. The van der Waals surface area contributed by atoms with Crippen LogP contribution in [0.4, 0.5) is 11.6 Å². The molecule has 0 spiro atoms. The highest BCUT2D eigenvalue weighted by Crippen LogP contribution is 2.20. The highest BCUT2D eigenvalue weighted by molar-refractivity contribution is 5.81. The van der Waals surface area contributed by atoms with Crippen molar-refractivity contribution in [2.24, 2.45) is 5.84 Å². The van der Waals surface area contributed by atoms with Crippen LogP contribution in [0.5, 0.6) is 0 Å². The summed E-state index contributed by atoms with van der Waals surface area (Å²) in [4.78, 5) is 19.8. The van der Waals surface area contributed by atoms with Gasteiger partial charge in [-0.2, -0.15) is 0 Å². The molecule has 0 atom stereocenters. The molecule has 1 rings (SSSR count). The highest BCUT2D eigenvalue weighted by Gasteiger charge is 2.11. The van der Waals surface area contributed by atoms with Crippen LogP contribution in [-0.4, -0.2) is 28.5 Å². The van der Waals surface area contributed by atoms with Crippen molar-refractivity contribution in [1.29, 1.82) is 0 Å². The minimum atomic E-state index is -0.0710. The SMILES string of the molecule is CCCc1c(NN)ncnc1NCC(=O)NC(C)C. The van der Waals surface area contributed by atoms with Crippen molar-refractivity contribution in [3.8, 4) is 0 Å². The smallest absolute Gasteiger partial charge is 0.239 e. The lowest BCUT2D eigenvalue weighted by molar-refractivity contribution is -0.119. The van der Waals surface area contributed by atoms with Gasteiger partial charge < -0.3 is 16.1 Å². The first-order chi connectivity index (χ1) is 9.08. The van der Waals surface area contributed by atoms with Gasteiger partial charge in [-0.05, 0) is 20.3 Å². The maximum atomic E-state index is 11.6. The predicted octanol–water partition coefficient (Wildman–Crippen LogP) is 0.651. The van der Waals surface area contributed by atoms with Crippen molar-refractivity contribution in [3.05, 3.63) is 11.9 Å². The third kappa shape index (κ3) is 4.70. The van der Waals surface area contributed by atoms with Gasteiger partial charge in [0, 0.05) is 11.6 Å².